The number of hydrogen-bond donors (Lipinski definition) is 0. The fourth-order valence-electron chi connectivity index (χ4n) is 1.56. The van der Waals surface area contributed by atoms with Crippen LogP contribution >= 0.6 is 0 Å². The van der Waals surface area contributed by atoms with Gasteiger partial charge in [0.05, 0.1) is 18.1 Å². The third kappa shape index (κ3) is 3.93. The number of esters is 1. The van der Waals surface area contributed by atoms with Crippen molar-refractivity contribution in [3.8, 4) is 6.07 Å². The Labute approximate surface area is 111 Å². The van der Waals surface area contributed by atoms with Crippen molar-refractivity contribution in [1.29, 1.82) is 5.26 Å². The van der Waals surface area contributed by atoms with Gasteiger partial charge in [0.15, 0.2) is 0 Å². The highest BCUT2D eigenvalue weighted by Gasteiger charge is 2.05. The van der Waals surface area contributed by atoms with E-state index in [1.165, 1.54) is 0 Å². The highest BCUT2D eigenvalue weighted by atomic mass is 16.5. The van der Waals surface area contributed by atoms with Gasteiger partial charge in [0.1, 0.15) is 6.61 Å². The zero-order valence-corrected chi connectivity index (χ0v) is 10.2. The summed E-state index contributed by atoms with van der Waals surface area (Å²) >= 11 is 0. The van der Waals surface area contributed by atoms with Crippen LogP contribution in [-0.2, 0) is 22.6 Å². The third-order valence-corrected chi connectivity index (χ3v) is 2.55. The summed E-state index contributed by atoms with van der Waals surface area (Å²) in [5.74, 6) is -0.294. The largest absolute Gasteiger partial charge is 0.461 e. The summed E-state index contributed by atoms with van der Waals surface area (Å²) in [5.41, 5.74) is 2.27. The van der Waals surface area contributed by atoms with Gasteiger partial charge in [-0.2, -0.15) is 5.26 Å². The molecule has 0 fully saturated rings. The van der Waals surface area contributed by atoms with Gasteiger partial charge in [-0.15, -0.1) is 0 Å². The number of benzene rings is 1. The molecule has 94 valence electrons. The highest BCUT2D eigenvalue weighted by Crippen LogP contribution is 2.06. The van der Waals surface area contributed by atoms with Crippen molar-refractivity contribution >= 4 is 5.97 Å². The van der Waals surface area contributed by atoms with Gasteiger partial charge in [-0.1, -0.05) is 18.2 Å². The number of nitrogens with zero attached hydrogens (tertiary/aromatic N) is 2. The van der Waals surface area contributed by atoms with Crippen LogP contribution in [0.25, 0.3) is 0 Å². The molecule has 0 N–H and O–H groups in total. The molecule has 0 atom stereocenters. The van der Waals surface area contributed by atoms with Crippen LogP contribution < -0.4 is 0 Å². The van der Waals surface area contributed by atoms with Gasteiger partial charge in [-0.25, -0.2) is 0 Å². The van der Waals surface area contributed by atoms with Crippen molar-refractivity contribution < 1.29 is 9.53 Å². The molecular formula is C15H12N2O2. The summed E-state index contributed by atoms with van der Waals surface area (Å²) in [6.07, 6.45) is 3.51. The maximum absolute atomic E-state index is 11.6. The Bertz CT molecular complexity index is 586. The number of rotatable bonds is 4. The van der Waals surface area contributed by atoms with E-state index in [0.717, 1.165) is 11.1 Å². The minimum absolute atomic E-state index is 0.212. The lowest BCUT2D eigenvalue weighted by Crippen LogP contribution is -2.08. The van der Waals surface area contributed by atoms with E-state index in [2.05, 4.69) is 4.98 Å². The summed E-state index contributed by atoms with van der Waals surface area (Å²) < 4.78 is 5.16. The summed E-state index contributed by atoms with van der Waals surface area (Å²) in [5, 5.41) is 8.67. The quantitative estimate of drug-likeness (QED) is 0.783. The second kappa shape index (κ2) is 6.31. The van der Waals surface area contributed by atoms with Crippen LogP contribution in [0.5, 0.6) is 0 Å². The van der Waals surface area contributed by atoms with Gasteiger partial charge in [0, 0.05) is 12.4 Å². The minimum Gasteiger partial charge on any atom is -0.461 e. The summed E-state index contributed by atoms with van der Waals surface area (Å²) in [7, 11) is 0. The van der Waals surface area contributed by atoms with Crippen LogP contribution in [0.1, 0.15) is 16.7 Å². The van der Waals surface area contributed by atoms with Crippen LogP contribution in [0.3, 0.4) is 0 Å². The van der Waals surface area contributed by atoms with Gasteiger partial charge in [-0.05, 0) is 29.3 Å². The number of hydrogen-bond acceptors (Lipinski definition) is 4. The molecular weight excluding hydrogens is 240 g/mol. The maximum atomic E-state index is 11.6. The number of pyridine rings is 1. The first-order chi connectivity index (χ1) is 9.28. The summed E-state index contributed by atoms with van der Waals surface area (Å²) in [4.78, 5) is 15.5. The predicted octanol–water partition coefficient (Wildman–Crippen LogP) is 2.24. The van der Waals surface area contributed by atoms with E-state index in [4.69, 9.17) is 10.00 Å². The van der Waals surface area contributed by atoms with Crippen LogP contribution in [0.4, 0.5) is 0 Å². The molecule has 19 heavy (non-hydrogen) atoms. The van der Waals surface area contributed by atoms with Crippen molar-refractivity contribution in [3.63, 3.8) is 0 Å². The molecule has 0 aliphatic carbocycles. The van der Waals surface area contributed by atoms with E-state index < -0.39 is 0 Å². The van der Waals surface area contributed by atoms with Crippen LogP contribution in [-0.4, -0.2) is 11.0 Å². The zero-order valence-electron chi connectivity index (χ0n) is 10.2. The van der Waals surface area contributed by atoms with Gasteiger partial charge in [0.25, 0.3) is 0 Å². The maximum Gasteiger partial charge on any atom is 0.310 e. The number of nitriles is 1. The highest BCUT2D eigenvalue weighted by molar-refractivity contribution is 5.72. The van der Waals surface area contributed by atoms with Crippen LogP contribution in [0, 0.1) is 11.3 Å². The molecule has 0 saturated heterocycles. The standard InChI is InChI=1S/C15H12N2O2/c16-9-12-3-5-13(6-4-12)11-19-15(18)8-14-2-1-7-17-10-14/h1-7,10H,8,11H2. The van der Waals surface area contributed by atoms with Crippen LogP contribution in [0.15, 0.2) is 48.8 Å². The van der Waals surface area contributed by atoms with Crippen molar-refractivity contribution in [3.05, 3.63) is 65.5 Å². The fourth-order valence-corrected chi connectivity index (χ4v) is 1.56. The number of carbonyl (C=O) groups excluding carboxylic acids is 1. The molecule has 2 rings (SSSR count). The molecule has 4 heteroatoms. The first kappa shape index (κ1) is 12.8. The average Bonchev–Trinajstić information content (AvgIpc) is 2.47. The number of carbonyl (C=O) groups is 1. The SMILES string of the molecule is N#Cc1ccc(COC(=O)Cc2cccnc2)cc1. The van der Waals surface area contributed by atoms with E-state index in [9.17, 15) is 4.79 Å². The summed E-state index contributed by atoms with van der Waals surface area (Å²) in [6, 6.07) is 12.6. The molecule has 0 radical (unpaired) electrons. The molecule has 1 heterocycles. The number of ether oxygens (including phenoxy) is 1. The molecule has 0 saturated carbocycles. The molecule has 0 spiro atoms. The second-order valence-corrected chi connectivity index (χ2v) is 4.01. The normalized spacial score (nSPS) is 9.63. The number of aromatic nitrogens is 1. The lowest BCUT2D eigenvalue weighted by atomic mass is 10.1. The fraction of sp³-hybridized carbons (Fsp3) is 0.133. The summed E-state index contributed by atoms with van der Waals surface area (Å²) in [6.45, 7) is 0.213. The Morgan fingerprint density at radius 2 is 2.00 bits per heavy atom. The molecule has 0 amide bonds. The predicted molar refractivity (Wildman–Crippen MR) is 68.9 cm³/mol. The Kier molecular flexibility index (Phi) is 4.25. The molecule has 0 bridgehead atoms. The molecule has 1 aromatic carbocycles. The van der Waals surface area contributed by atoms with Crippen molar-refractivity contribution in [2.24, 2.45) is 0 Å². The van der Waals surface area contributed by atoms with Gasteiger partial charge in [-0.3, -0.25) is 9.78 Å². The van der Waals surface area contributed by atoms with Crippen molar-refractivity contribution in [2.45, 2.75) is 13.0 Å². The van der Waals surface area contributed by atoms with Crippen molar-refractivity contribution in [2.75, 3.05) is 0 Å². The molecule has 0 aliphatic heterocycles. The van der Waals surface area contributed by atoms with E-state index in [0.29, 0.717) is 5.56 Å². The topological polar surface area (TPSA) is 63.0 Å². The monoisotopic (exact) mass is 252 g/mol. The third-order valence-electron chi connectivity index (χ3n) is 2.55. The molecule has 4 nitrogen and oxygen atoms in total. The van der Waals surface area contributed by atoms with E-state index in [-0.39, 0.29) is 19.0 Å². The Morgan fingerprint density at radius 1 is 1.21 bits per heavy atom. The van der Waals surface area contributed by atoms with Crippen LogP contribution in [0.2, 0.25) is 0 Å². The van der Waals surface area contributed by atoms with Crippen molar-refractivity contribution in [1.82, 2.24) is 4.98 Å². The average molecular weight is 252 g/mol. The first-order valence-electron chi connectivity index (χ1n) is 5.81. The Hall–Kier alpha value is -2.67. The Balaban J connectivity index is 1.85. The molecule has 0 unspecified atom stereocenters. The van der Waals surface area contributed by atoms with E-state index in [1.807, 2.05) is 12.1 Å². The van der Waals surface area contributed by atoms with Gasteiger partial charge >= 0.3 is 5.97 Å². The first-order valence-corrected chi connectivity index (χ1v) is 5.81. The molecule has 2 aromatic rings. The lowest BCUT2D eigenvalue weighted by molar-refractivity contribution is -0.144. The Morgan fingerprint density at radius 3 is 2.63 bits per heavy atom. The second-order valence-electron chi connectivity index (χ2n) is 4.01. The minimum atomic E-state index is -0.294. The zero-order chi connectivity index (χ0) is 13.5. The molecule has 1 aromatic heterocycles. The molecule has 0 aliphatic rings. The van der Waals surface area contributed by atoms with E-state index in [1.54, 1.807) is 42.7 Å². The smallest absolute Gasteiger partial charge is 0.310 e. The van der Waals surface area contributed by atoms with Gasteiger partial charge in [0.2, 0.25) is 0 Å². The lowest BCUT2D eigenvalue weighted by Gasteiger charge is -2.05. The van der Waals surface area contributed by atoms with E-state index >= 15 is 0 Å². The van der Waals surface area contributed by atoms with Gasteiger partial charge < -0.3 is 4.74 Å².